The number of carbonyl (C=O) groups excluding carboxylic acids is 1. The summed E-state index contributed by atoms with van der Waals surface area (Å²) in [5.41, 5.74) is 1.91. The molecule has 0 bridgehead atoms. The molecule has 0 spiro atoms. The maximum atomic E-state index is 12.2. The van der Waals surface area contributed by atoms with Crippen LogP contribution in [0.25, 0.3) is 0 Å². The number of aromatic hydroxyl groups is 1. The van der Waals surface area contributed by atoms with Gasteiger partial charge in [0.25, 0.3) is 0 Å². The molecule has 0 aliphatic carbocycles. The summed E-state index contributed by atoms with van der Waals surface area (Å²) in [6, 6.07) is 24.4. The number of rotatable bonds is 6. The van der Waals surface area contributed by atoms with Crippen molar-refractivity contribution in [1.29, 1.82) is 0 Å². The van der Waals surface area contributed by atoms with Gasteiger partial charge in [0.1, 0.15) is 17.2 Å². The van der Waals surface area contributed by atoms with Gasteiger partial charge in [-0.1, -0.05) is 30.3 Å². The fourth-order valence-corrected chi connectivity index (χ4v) is 3.68. The van der Waals surface area contributed by atoms with Crippen molar-refractivity contribution in [1.82, 2.24) is 10.2 Å². The van der Waals surface area contributed by atoms with Crippen molar-refractivity contribution in [2.45, 2.75) is 25.4 Å². The first-order valence-corrected chi connectivity index (χ1v) is 10.5. The number of hydrogen-bond acceptors (Lipinski definition) is 4. The monoisotopic (exact) mass is 417 g/mol. The van der Waals surface area contributed by atoms with Gasteiger partial charge in [0.15, 0.2) is 0 Å². The zero-order valence-electron chi connectivity index (χ0n) is 17.3. The topological polar surface area (TPSA) is 73.8 Å². The molecule has 160 valence electrons. The minimum atomic E-state index is -0.210. The number of amides is 2. The number of ether oxygens (including phenoxy) is 1. The van der Waals surface area contributed by atoms with E-state index in [0.717, 1.165) is 44.0 Å². The minimum absolute atomic E-state index is 0.162. The number of piperidine rings is 1. The molecule has 1 aliphatic rings. The number of anilines is 1. The zero-order valence-corrected chi connectivity index (χ0v) is 17.3. The normalized spacial score (nSPS) is 14.7. The van der Waals surface area contributed by atoms with Gasteiger partial charge in [0, 0.05) is 31.4 Å². The lowest BCUT2D eigenvalue weighted by Crippen LogP contribution is -2.45. The van der Waals surface area contributed by atoms with Crippen molar-refractivity contribution in [3.8, 4) is 17.2 Å². The Morgan fingerprint density at radius 2 is 1.55 bits per heavy atom. The van der Waals surface area contributed by atoms with Crippen LogP contribution >= 0.6 is 0 Å². The standard InChI is InChI=1S/C25H27N3O3/c29-22-10-8-20(9-11-22)26-25(30)27-21-14-16-28(17-15-21)18-19-6-12-24(13-7-19)31-23-4-2-1-3-5-23/h1-13,21,29H,14-18H2,(H2,26,27,30). The number of nitrogens with zero attached hydrogens (tertiary/aromatic N) is 1. The van der Waals surface area contributed by atoms with Crippen LogP contribution in [0.1, 0.15) is 18.4 Å². The van der Waals surface area contributed by atoms with Gasteiger partial charge < -0.3 is 20.5 Å². The van der Waals surface area contributed by atoms with Gasteiger partial charge in [0.2, 0.25) is 0 Å². The van der Waals surface area contributed by atoms with Crippen molar-refractivity contribution in [2.75, 3.05) is 18.4 Å². The molecular formula is C25H27N3O3. The van der Waals surface area contributed by atoms with Gasteiger partial charge in [-0.25, -0.2) is 4.79 Å². The largest absolute Gasteiger partial charge is 0.508 e. The molecule has 1 heterocycles. The molecule has 2 amide bonds. The van der Waals surface area contributed by atoms with Crippen molar-refractivity contribution >= 4 is 11.7 Å². The van der Waals surface area contributed by atoms with Crippen LogP contribution in [0.4, 0.5) is 10.5 Å². The summed E-state index contributed by atoms with van der Waals surface area (Å²) in [4.78, 5) is 14.6. The first-order chi connectivity index (χ1) is 15.1. The second-order valence-electron chi connectivity index (χ2n) is 7.75. The number of nitrogens with one attached hydrogen (secondary N) is 2. The number of benzene rings is 3. The second-order valence-corrected chi connectivity index (χ2v) is 7.75. The lowest BCUT2D eigenvalue weighted by atomic mass is 10.0. The van der Waals surface area contributed by atoms with E-state index in [2.05, 4.69) is 27.7 Å². The Morgan fingerprint density at radius 3 is 2.23 bits per heavy atom. The molecule has 0 saturated carbocycles. The van der Waals surface area contributed by atoms with E-state index in [4.69, 9.17) is 4.74 Å². The highest BCUT2D eigenvalue weighted by atomic mass is 16.5. The van der Waals surface area contributed by atoms with E-state index in [1.54, 1.807) is 24.3 Å². The Balaban J connectivity index is 1.20. The number of phenolic OH excluding ortho intramolecular Hbond substituents is 1. The molecule has 31 heavy (non-hydrogen) atoms. The van der Waals surface area contributed by atoms with Crippen LogP contribution in [-0.2, 0) is 6.54 Å². The quantitative estimate of drug-likeness (QED) is 0.495. The van der Waals surface area contributed by atoms with Gasteiger partial charge in [-0.05, 0) is 66.9 Å². The maximum absolute atomic E-state index is 12.2. The highest BCUT2D eigenvalue weighted by molar-refractivity contribution is 5.89. The molecule has 0 unspecified atom stereocenters. The third-order valence-electron chi connectivity index (χ3n) is 5.36. The van der Waals surface area contributed by atoms with E-state index in [-0.39, 0.29) is 17.8 Å². The molecule has 0 aromatic heterocycles. The minimum Gasteiger partial charge on any atom is -0.508 e. The summed E-state index contributed by atoms with van der Waals surface area (Å²) in [5.74, 6) is 1.84. The third-order valence-corrected chi connectivity index (χ3v) is 5.36. The number of phenols is 1. The van der Waals surface area contributed by atoms with Crippen LogP contribution in [0.5, 0.6) is 17.2 Å². The predicted molar refractivity (Wildman–Crippen MR) is 122 cm³/mol. The third kappa shape index (κ3) is 6.23. The lowest BCUT2D eigenvalue weighted by molar-refractivity contribution is 0.190. The molecule has 0 radical (unpaired) electrons. The van der Waals surface area contributed by atoms with E-state index in [1.165, 1.54) is 5.56 Å². The Morgan fingerprint density at radius 1 is 0.903 bits per heavy atom. The van der Waals surface area contributed by atoms with Crippen LogP contribution in [0, 0.1) is 0 Å². The number of para-hydroxylation sites is 1. The van der Waals surface area contributed by atoms with E-state index < -0.39 is 0 Å². The van der Waals surface area contributed by atoms with Gasteiger partial charge in [0.05, 0.1) is 0 Å². The fourth-order valence-electron chi connectivity index (χ4n) is 3.68. The van der Waals surface area contributed by atoms with E-state index >= 15 is 0 Å². The van der Waals surface area contributed by atoms with Gasteiger partial charge in [-0.3, -0.25) is 4.90 Å². The number of hydrogen-bond donors (Lipinski definition) is 3. The number of likely N-dealkylation sites (tertiary alicyclic amines) is 1. The smallest absolute Gasteiger partial charge is 0.319 e. The molecule has 1 aliphatic heterocycles. The van der Waals surface area contributed by atoms with E-state index in [1.807, 2.05) is 42.5 Å². The first-order valence-electron chi connectivity index (χ1n) is 10.5. The maximum Gasteiger partial charge on any atom is 0.319 e. The van der Waals surface area contributed by atoms with Crippen LogP contribution < -0.4 is 15.4 Å². The molecule has 6 heteroatoms. The SMILES string of the molecule is O=C(Nc1ccc(O)cc1)NC1CCN(Cc2ccc(Oc3ccccc3)cc2)CC1. The number of carbonyl (C=O) groups is 1. The van der Waals surface area contributed by atoms with Crippen LogP contribution in [0.15, 0.2) is 78.9 Å². The summed E-state index contributed by atoms with van der Waals surface area (Å²) < 4.78 is 5.85. The summed E-state index contributed by atoms with van der Waals surface area (Å²) >= 11 is 0. The van der Waals surface area contributed by atoms with E-state index in [9.17, 15) is 9.90 Å². The highest BCUT2D eigenvalue weighted by Crippen LogP contribution is 2.22. The Kier molecular flexibility index (Phi) is 6.69. The van der Waals surface area contributed by atoms with Crippen molar-refractivity contribution in [3.63, 3.8) is 0 Å². The summed E-state index contributed by atoms with van der Waals surface area (Å²) in [6.45, 7) is 2.76. The second kappa shape index (κ2) is 10.00. The molecule has 0 atom stereocenters. The van der Waals surface area contributed by atoms with Crippen molar-refractivity contribution in [2.24, 2.45) is 0 Å². The lowest BCUT2D eigenvalue weighted by Gasteiger charge is -2.32. The zero-order chi connectivity index (χ0) is 21.5. The van der Waals surface area contributed by atoms with Gasteiger partial charge in [-0.2, -0.15) is 0 Å². The van der Waals surface area contributed by atoms with Gasteiger partial charge in [-0.15, -0.1) is 0 Å². The molecule has 3 aromatic carbocycles. The first kappa shape index (κ1) is 20.8. The van der Waals surface area contributed by atoms with Crippen LogP contribution in [0.2, 0.25) is 0 Å². The number of urea groups is 1. The summed E-state index contributed by atoms with van der Waals surface area (Å²) in [6.07, 6.45) is 1.83. The predicted octanol–water partition coefficient (Wildman–Crippen LogP) is 4.97. The molecular weight excluding hydrogens is 390 g/mol. The van der Waals surface area contributed by atoms with Crippen LogP contribution in [-0.4, -0.2) is 35.2 Å². The van der Waals surface area contributed by atoms with Crippen molar-refractivity contribution < 1.29 is 14.6 Å². The summed E-state index contributed by atoms with van der Waals surface area (Å²) in [5, 5.41) is 15.2. The molecule has 1 saturated heterocycles. The Bertz CT molecular complexity index is 967. The Labute approximate surface area is 182 Å². The van der Waals surface area contributed by atoms with Gasteiger partial charge >= 0.3 is 6.03 Å². The average Bonchev–Trinajstić information content (AvgIpc) is 2.79. The molecule has 6 nitrogen and oxygen atoms in total. The molecule has 1 fully saturated rings. The fraction of sp³-hybridized carbons (Fsp3) is 0.240. The van der Waals surface area contributed by atoms with Crippen LogP contribution in [0.3, 0.4) is 0 Å². The average molecular weight is 418 g/mol. The molecule has 3 aromatic rings. The Hall–Kier alpha value is -3.51. The van der Waals surface area contributed by atoms with Crippen molar-refractivity contribution in [3.05, 3.63) is 84.4 Å². The molecule has 4 rings (SSSR count). The molecule has 3 N–H and O–H groups in total. The summed E-state index contributed by atoms with van der Waals surface area (Å²) in [7, 11) is 0. The van der Waals surface area contributed by atoms with E-state index in [0.29, 0.717) is 5.69 Å². The highest BCUT2D eigenvalue weighted by Gasteiger charge is 2.20.